The van der Waals surface area contributed by atoms with E-state index in [0.717, 1.165) is 24.8 Å². The second-order valence-electron chi connectivity index (χ2n) is 5.57. The van der Waals surface area contributed by atoms with Gasteiger partial charge in [-0.3, -0.25) is 4.79 Å². The molecule has 1 fully saturated rings. The lowest BCUT2D eigenvalue weighted by Gasteiger charge is -2.39. The fourth-order valence-electron chi connectivity index (χ4n) is 2.74. The molecule has 0 amide bonds. The molecular weight excluding hydrogens is 307 g/mol. The average molecular weight is 323 g/mol. The predicted octanol–water partition coefficient (Wildman–Crippen LogP) is 3.38. The Kier molecular flexibility index (Phi) is 3.91. The Bertz CT molecular complexity index is 693. The minimum atomic E-state index is -0.650. The lowest BCUT2D eigenvalue weighted by Crippen LogP contribution is -2.43. The standard InChI is InChI=1S/C16H16ClFN2O2/c1-20-13(17)9-19-14(20)10-22-15(21)16(7-2-8-16)11-3-5-12(18)6-4-11/h3-6,9H,2,7-8,10H2,1H3. The summed E-state index contributed by atoms with van der Waals surface area (Å²) in [5.74, 6) is -0.00865. The molecule has 0 N–H and O–H groups in total. The van der Waals surface area contributed by atoms with Gasteiger partial charge in [0.2, 0.25) is 0 Å². The van der Waals surface area contributed by atoms with Crippen LogP contribution in [-0.2, 0) is 28.6 Å². The Balaban J connectivity index is 1.74. The molecule has 22 heavy (non-hydrogen) atoms. The van der Waals surface area contributed by atoms with Crippen molar-refractivity contribution < 1.29 is 13.9 Å². The van der Waals surface area contributed by atoms with Crippen molar-refractivity contribution in [1.29, 1.82) is 0 Å². The smallest absolute Gasteiger partial charge is 0.317 e. The van der Waals surface area contributed by atoms with E-state index in [1.54, 1.807) is 23.7 Å². The molecule has 3 rings (SSSR count). The number of ether oxygens (including phenoxy) is 1. The number of benzene rings is 1. The molecule has 1 aromatic carbocycles. The predicted molar refractivity (Wildman–Crippen MR) is 79.9 cm³/mol. The number of hydrogen-bond acceptors (Lipinski definition) is 3. The number of imidazole rings is 1. The fraction of sp³-hybridized carbons (Fsp3) is 0.375. The minimum absolute atomic E-state index is 0.0744. The third-order valence-electron chi connectivity index (χ3n) is 4.35. The normalized spacial score (nSPS) is 16.1. The van der Waals surface area contributed by atoms with Gasteiger partial charge in [-0.05, 0) is 30.5 Å². The van der Waals surface area contributed by atoms with Gasteiger partial charge < -0.3 is 9.30 Å². The van der Waals surface area contributed by atoms with Crippen LogP contribution >= 0.6 is 11.6 Å². The van der Waals surface area contributed by atoms with Crippen molar-refractivity contribution in [3.8, 4) is 0 Å². The summed E-state index contributed by atoms with van der Waals surface area (Å²) in [7, 11) is 1.76. The number of rotatable bonds is 4. The summed E-state index contributed by atoms with van der Waals surface area (Å²) in [5.41, 5.74) is 0.158. The Morgan fingerprint density at radius 2 is 2.09 bits per heavy atom. The zero-order valence-corrected chi connectivity index (χ0v) is 12.9. The number of carbonyl (C=O) groups is 1. The van der Waals surface area contributed by atoms with E-state index in [4.69, 9.17) is 16.3 Å². The molecule has 116 valence electrons. The number of halogens is 2. The maximum Gasteiger partial charge on any atom is 0.317 e. The van der Waals surface area contributed by atoms with Gasteiger partial charge in [0.05, 0.1) is 11.6 Å². The molecule has 1 aliphatic rings. The summed E-state index contributed by atoms with van der Waals surface area (Å²) >= 11 is 5.91. The highest BCUT2D eigenvalue weighted by molar-refractivity contribution is 6.29. The Hall–Kier alpha value is -1.88. The van der Waals surface area contributed by atoms with Crippen molar-refractivity contribution >= 4 is 17.6 Å². The molecule has 6 heteroatoms. The summed E-state index contributed by atoms with van der Waals surface area (Å²) in [5, 5.41) is 0.489. The Morgan fingerprint density at radius 1 is 1.41 bits per heavy atom. The molecule has 1 aromatic heterocycles. The van der Waals surface area contributed by atoms with Crippen LogP contribution in [-0.4, -0.2) is 15.5 Å². The monoisotopic (exact) mass is 322 g/mol. The van der Waals surface area contributed by atoms with Crippen LogP contribution in [0.2, 0.25) is 5.15 Å². The molecule has 0 saturated heterocycles. The van der Waals surface area contributed by atoms with Gasteiger partial charge in [0.1, 0.15) is 23.4 Å². The third kappa shape index (κ3) is 2.50. The summed E-state index contributed by atoms with van der Waals surface area (Å²) in [6.45, 7) is 0.0744. The SMILES string of the molecule is Cn1c(Cl)cnc1COC(=O)C1(c2ccc(F)cc2)CCC1. The molecule has 1 saturated carbocycles. The van der Waals surface area contributed by atoms with Crippen molar-refractivity contribution in [2.24, 2.45) is 7.05 Å². The Morgan fingerprint density at radius 3 is 2.59 bits per heavy atom. The van der Waals surface area contributed by atoms with Gasteiger partial charge in [-0.1, -0.05) is 30.2 Å². The first-order valence-electron chi connectivity index (χ1n) is 7.12. The molecule has 0 spiro atoms. The molecule has 0 radical (unpaired) electrons. The quantitative estimate of drug-likeness (QED) is 0.811. The molecule has 1 heterocycles. The Labute approximate surface area is 132 Å². The van der Waals surface area contributed by atoms with E-state index in [2.05, 4.69) is 4.98 Å². The van der Waals surface area contributed by atoms with Gasteiger partial charge in [0, 0.05) is 7.05 Å². The maximum atomic E-state index is 13.1. The number of hydrogen-bond donors (Lipinski definition) is 0. The van der Waals surface area contributed by atoms with Crippen LogP contribution in [0.5, 0.6) is 0 Å². The zero-order chi connectivity index (χ0) is 15.7. The highest BCUT2D eigenvalue weighted by Gasteiger charge is 2.47. The maximum absolute atomic E-state index is 13.1. The largest absolute Gasteiger partial charge is 0.457 e. The summed E-state index contributed by atoms with van der Waals surface area (Å²) in [6, 6.07) is 6.07. The van der Waals surface area contributed by atoms with Crippen molar-refractivity contribution in [2.75, 3.05) is 0 Å². The molecule has 2 aromatic rings. The van der Waals surface area contributed by atoms with Crippen molar-refractivity contribution in [1.82, 2.24) is 9.55 Å². The van der Waals surface area contributed by atoms with Crippen LogP contribution in [0, 0.1) is 5.82 Å². The zero-order valence-electron chi connectivity index (χ0n) is 12.2. The first-order valence-corrected chi connectivity index (χ1v) is 7.50. The molecule has 1 aliphatic carbocycles. The van der Waals surface area contributed by atoms with Gasteiger partial charge >= 0.3 is 5.97 Å². The lowest BCUT2D eigenvalue weighted by molar-refractivity contribution is -0.156. The first-order chi connectivity index (χ1) is 10.5. The second kappa shape index (κ2) is 5.72. The van der Waals surface area contributed by atoms with E-state index >= 15 is 0 Å². The van der Waals surface area contributed by atoms with Crippen LogP contribution in [0.25, 0.3) is 0 Å². The van der Waals surface area contributed by atoms with E-state index < -0.39 is 5.41 Å². The van der Waals surface area contributed by atoms with Gasteiger partial charge in [-0.2, -0.15) is 0 Å². The third-order valence-corrected chi connectivity index (χ3v) is 4.71. The highest BCUT2D eigenvalue weighted by atomic mass is 35.5. The second-order valence-corrected chi connectivity index (χ2v) is 5.96. The summed E-state index contributed by atoms with van der Waals surface area (Å²) in [4.78, 5) is 16.6. The van der Waals surface area contributed by atoms with Crippen LogP contribution in [0.4, 0.5) is 4.39 Å². The van der Waals surface area contributed by atoms with Crippen LogP contribution in [0.15, 0.2) is 30.5 Å². The van der Waals surface area contributed by atoms with Gasteiger partial charge in [-0.15, -0.1) is 0 Å². The van der Waals surface area contributed by atoms with Crippen LogP contribution < -0.4 is 0 Å². The van der Waals surface area contributed by atoms with Crippen molar-refractivity contribution in [3.63, 3.8) is 0 Å². The van der Waals surface area contributed by atoms with Crippen LogP contribution in [0.1, 0.15) is 30.7 Å². The van der Waals surface area contributed by atoms with Gasteiger partial charge in [0.25, 0.3) is 0 Å². The topological polar surface area (TPSA) is 44.1 Å². The van der Waals surface area contributed by atoms with Crippen LogP contribution in [0.3, 0.4) is 0 Å². The highest BCUT2D eigenvalue weighted by Crippen LogP contribution is 2.44. The number of aromatic nitrogens is 2. The van der Waals surface area contributed by atoms with E-state index in [1.807, 2.05) is 0 Å². The average Bonchev–Trinajstić information content (AvgIpc) is 2.77. The van der Waals surface area contributed by atoms with E-state index in [1.165, 1.54) is 18.3 Å². The van der Waals surface area contributed by atoms with E-state index in [0.29, 0.717) is 11.0 Å². The number of esters is 1. The fourth-order valence-corrected chi connectivity index (χ4v) is 2.88. The number of nitrogens with zero attached hydrogens (tertiary/aromatic N) is 2. The molecule has 0 unspecified atom stereocenters. The molecule has 4 nitrogen and oxygen atoms in total. The molecule has 0 aliphatic heterocycles. The summed E-state index contributed by atoms with van der Waals surface area (Å²) in [6.07, 6.45) is 3.92. The van der Waals surface area contributed by atoms with Crippen molar-refractivity contribution in [2.45, 2.75) is 31.3 Å². The number of carbonyl (C=O) groups excluding carboxylic acids is 1. The van der Waals surface area contributed by atoms with Gasteiger partial charge in [0.15, 0.2) is 0 Å². The molecule has 0 bridgehead atoms. The van der Waals surface area contributed by atoms with E-state index in [-0.39, 0.29) is 18.4 Å². The molecule has 0 atom stereocenters. The van der Waals surface area contributed by atoms with E-state index in [9.17, 15) is 9.18 Å². The molecular formula is C16H16ClFN2O2. The van der Waals surface area contributed by atoms with Gasteiger partial charge in [-0.25, -0.2) is 9.37 Å². The first kappa shape index (κ1) is 15.0. The summed E-state index contributed by atoms with van der Waals surface area (Å²) < 4.78 is 20.2. The lowest BCUT2D eigenvalue weighted by atomic mass is 9.64. The minimum Gasteiger partial charge on any atom is -0.457 e. The van der Waals surface area contributed by atoms with Crippen molar-refractivity contribution in [3.05, 3.63) is 52.8 Å².